The van der Waals surface area contributed by atoms with Crippen molar-refractivity contribution < 1.29 is 18.1 Å². The van der Waals surface area contributed by atoms with Crippen molar-refractivity contribution in [1.29, 1.82) is 0 Å². The Morgan fingerprint density at radius 3 is 2.29 bits per heavy atom. The number of nitrogens with one attached hydrogen (secondary N) is 1. The van der Waals surface area contributed by atoms with Crippen molar-refractivity contribution >= 4 is 22.8 Å². The smallest absolute Gasteiger partial charge is 0.410 e. The highest BCUT2D eigenvalue weighted by Gasteiger charge is 2.28. The first-order valence-corrected chi connectivity index (χ1v) is 10.7. The molecule has 0 aromatic heterocycles. The fourth-order valence-electron chi connectivity index (χ4n) is 2.86. The van der Waals surface area contributed by atoms with E-state index in [1.807, 2.05) is 52.5 Å². The number of hydrogen-bond donors (Lipinski definition) is 1. The van der Waals surface area contributed by atoms with Crippen LogP contribution < -0.4 is 9.62 Å². The quantitative estimate of drug-likeness (QED) is 0.821. The van der Waals surface area contributed by atoms with Crippen LogP contribution in [0.5, 0.6) is 0 Å². The van der Waals surface area contributed by atoms with Gasteiger partial charge in [0.05, 0.1) is 21.4 Å². The van der Waals surface area contributed by atoms with E-state index in [0.717, 1.165) is 5.56 Å². The number of piperazine rings is 1. The van der Waals surface area contributed by atoms with Crippen molar-refractivity contribution in [3.8, 4) is 0 Å². The molecule has 0 aliphatic carbocycles. The fraction of sp³-hybridized carbons (Fsp3) is 0.650. The van der Waals surface area contributed by atoms with Gasteiger partial charge in [-0.25, -0.2) is 18.1 Å². The summed E-state index contributed by atoms with van der Waals surface area (Å²) in [7, 11) is -1.24. The molecule has 8 heteroatoms. The predicted octanol–water partition coefficient (Wildman–Crippen LogP) is 3.43. The molecule has 1 aliphatic heterocycles. The Kier molecular flexibility index (Phi) is 7.09. The maximum atomic E-state index is 14.6. The van der Waals surface area contributed by atoms with Crippen LogP contribution in [0, 0.1) is 5.82 Å². The zero-order valence-corrected chi connectivity index (χ0v) is 18.5. The molecule has 1 saturated heterocycles. The van der Waals surface area contributed by atoms with Crippen molar-refractivity contribution in [3.05, 3.63) is 29.6 Å². The number of halogens is 1. The number of benzene rings is 1. The molecule has 0 bridgehead atoms. The van der Waals surface area contributed by atoms with E-state index in [1.165, 1.54) is 6.07 Å². The van der Waals surface area contributed by atoms with Gasteiger partial charge in [-0.3, -0.25) is 0 Å². The zero-order chi connectivity index (χ0) is 21.1. The second-order valence-corrected chi connectivity index (χ2v) is 11.0. The number of hydrogen-bond acceptors (Lipinski definition) is 4. The molecule has 2 rings (SSSR count). The van der Waals surface area contributed by atoms with Crippen LogP contribution in [0.25, 0.3) is 0 Å². The lowest BCUT2D eigenvalue weighted by molar-refractivity contribution is 0.0240. The van der Waals surface area contributed by atoms with Crippen molar-refractivity contribution in [2.24, 2.45) is 0 Å². The van der Waals surface area contributed by atoms with Crippen LogP contribution in [-0.2, 0) is 22.3 Å². The molecule has 1 fully saturated rings. The van der Waals surface area contributed by atoms with Gasteiger partial charge in [0, 0.05) is 32.7 Å². The molecule has 1 aromatic rings. The van der Waals surface area contributed by atoms with Gasteiger partial charge in [0.15, 0.2) is 0 Å². The lowest BCUT2D eigenvalue weighted by Crippen LogP contribution is -2.50. The first-order chi connectivity index (χ1) is 12.9. The van der Waals surface area contributed by atoms with Gasteiger partial charge in [-0.2, -0.15) is 0 Å². The number of carbonyl (C=O) groups is 1. The summed E-state index contributed by atoms with van der Waals surface area (Å²) in [6.45, 7) is 13.4. The first kappa shape index (κ1) is 22.6. The highest BCUT2D eigenvalue weighted by Crippen LogP contribution is 2.26. The van der Waals surface area contributed by atoms with Crippen LogP contribution in [0.1, 0.15) is 47.1 Å². The second-order valence-electron chi connectivity index (χ2n) is 8.90. The molecule has 0 spiro atoms. The molecule has 158 valence electrons. The number of carbonyl (C=O) groups excluding carboxylic acids is 1. The Balaban J connectivity index is 2.06. The van der Waals surface area contributed by atoms with Gasteiger partial charge >= 0.3 is 6.09 Å². The van der Waals surface area contributed by atoms with E-state index >= 15 is 0 Å². The summed E-state index contributed by atoms with van der Waals surface area (Å²) < 4.78 is 34.9. The Bertz CT molecular complexity index is 720. The van der Waals surface area contributed by atoms with E-state index in [1.54, 1.807) is 11.0 Å². The molecule has 1 N–H and O–H groups in total. The Labute approximate surface area is 170 Å². The summed E-state index contributed by atoms with van der Waals surface area (Å²) in [6.07, 6.45) is -0.344. The lowest BCUT2D eigenvalue weighted by atomic mass is 10.1. The van der Waals surface area contributed by atoms with Crippen LogP contribution in [0.15, 0.2) is 18.2 Å². The number of amides is 1. The molecule has 1 heterocycles. The summed E-state index contributed by atoms with van der Waals surface area (Å²) in [5.41, 5.74) is 0.717. The normalized spacial score (nSPS) is 16.8. The van der Waals surface area contributed by atoms with Crippen LogP contribution in [-0.4, -0.2) is 51.7 Å². The molecule has 1 aliphatic rings. The first-order valence-electron chi connectivity index (χ1n) is 9.54. The maximum absolute atomic E-state index is 14.6. The largest absolute Gasteiger partial charge is 0.444 e. The van der Waals surface area contributed by atoms with Crippen molar-refractivity contribution in [2.45, 2.75) is 58.4 Å². The average Bonchev–Trinajstić information content (AvgIpc) is 2.57. The van der Waals surface area contributed by atoms with Gasteiger partial charge in [-0.1, -0.05) is 12.1 Å². The summed E-state index contributed by atoms with van der Waals surface area (Å²) in [5.74, 6) is -0.313. The summed E-state index contributed by atoms with van der Waals surface area (Å²) in [6, 6.07) is 4.93. The summed E-state index contributed by atoms with van der Waals surface area (Å²) >= 11 is 0. The van der Waals surface area contributed by atoms with Crippen molar-refractivity contribution in [1.82, 2.24) is 9.62 Å². The third-order valence-corrected chi connectivity index (χ3v) is 5.79. The predicted molar refractivity (Wildman–Crippen MR) is 111 cm³/mol. The van der Waals surface area contributed by atoms with E-state index in [2.05, 4.69) is 4.72 Å². The van der Waals surface area contributed by atoms with Crippen LogP contribution in [0.4, 0.5) is 14.9 Å². The Morgan fingerprint density at radius 1 is 1.14 bits per heavy atom. The zero-order valence-electron chi connectivity index (χ0n) is 17.7. The number of ether oxygens (including phenoxy) is 1. The monoisotopic (exact) mass is 413 g/mol. The van der Waals surface area contributed by atoms with Crippen LogP contribution in [0.3, 0.4) is 0 Å². The fourth-order valence-corrected chi connectivity index (χ4v) is 3.58. The topological polar surface area (TPSA) is 61.9 Å². The number of rotatable bonds is 4. The van der Waals surface area contributed by atoms with Crippen molar-refractivity contribution in [2.75, 3.05) is 31.1 Å². The van der Waals surface area contributed by atoms with E-state index in [-0.39, 0.29) is 11.9 Å². The van der Waals surface area contributed by atoms with Crippen molar-refractivity contribution in [3.63, 3.8) is 0 Å². The Hall–Kier alpha value is -1.67. The van der Waals surface area contributed by atoms with E-state index < -0.39 is 21.3 Å². The number of para-hydroxylation sites is 1. The van der Waals surface area contributed by atoms with Gasteiger partial charge in [0.2, 0.25) is 0 Å². The van der Waals surface area contributed by atoms with Gasteiger partial charge < -0.3 is 14.5 Å². The second kappa shape index (κ2) is 8.78. The highest BCUT2D eigenvalue weighted by molar-refractivity contribution is 7.84. The summed E-state index contributed by atoms with van der Waals surface area (Å²) in [5, 5.41) is 0. The number of nitrogens with zero attached hydrogens (tertiary/aromatic N) is 2. The average molecular weight is 414 g/mol. The minimum Gasteiger partial charge on any atom is -0.444 e. The minimum atomic E-state index is -1.24. The molecule has 1 amide bonds. The Morgan fingerprint density at radius 2 is 1.75 bits per heavy atom. The molecule has 1 unspecified atom stereocenters. The third-order valence-electron chi connectivity index (χ3n) is 4.27. The molecule has 0 radical (unpaired) electrons. The maximum Gasteiger partial charge on any atom is 0.410 e. The van der Waals surface area contributed by atoms with Gasteiger partial charge in [0.1, 0.15) is 11.4 Å². The number of anilines is 1. The molecule has 28 heavy (non-hydrogen) atoms. The lowest BCUT2D eigenvalue weighted by Gasteiger charge is -2.37. The van der Waals surface area contributed by atoms with Crippen LogP contribution >= 0.6 is 0 Å². The summed E-state index contributed by atoms with van der Waals surface area (Å²) in [4.78, 5) is 15.8. The van der Waals surface area contributed by atoms with Crippen LogP contribution in [0.2, 0.25) is 0 Å². The van der Waals surface area contributed by atoms with Gasteiger partial charge in [0.25, 0.3) is 0 Å². The molecule has 1 aromatic carbocycles. The van der Waals surface area contributed by atoms with E-state index in [0.29, 0.717) is 38.4 Å². The third kappa shape index (κ3) is 6.17. The molecule has 6 nitrogen and oxygen atoms in total. The molecular weight excluding hydrogens is 381 g/mol. The minimum absolute atomic E-state index is 0.309. The van der Waals surface area contributed by atoms with Gasteiger partial charge in [-0.05, 0) is 53.2 Å². The highest BCUT2D eigenvalue weighted by atomic mass is 32.2. The molecule has 0 saturated carbocycles. The van der Waals surface area contributed by atoms with Gasteiger partial charge in [-0.15, -0.1) is 0 Å². The SMILES string of the molecule is CC(C)(C)OC(=O)N1CCN(c2c(F)cccc2CNS(=O)C(C)(C)C)CC1. The van der Waals surface area contributed by atoms with E-state index in [9.17, 15) is 13.4 Å². The molecule has 1 atom stereocenters. The standard InChI is InChI=1S/C20H32FN3O3S/c1-19(2,3)27-18(25)24-12-10-23(11-13-24)17-15(8-7-9-16(17)21)14-22-28(26)20(4,5)6/h7-9,22H,10-14H2,1-6H3. The molecular formula is C20H32FN3O3S. The van der Waals surface area contributed by atoms with E-state index in [4.69, 9.17) is 4.74 Å².